The zero-order chi connectivity index (χ0) is 11.5. The fraction of sp³-hybridized carbons (Fsp3) is 0.167. The zero-order valence-electron chi connectivity index (χ0n) is 8.71. The van der Waals surface area contributed by atoms with E-state index in [2.05, 4.69) is 28.2 Å². The second kappa shape index (κ2) is 4.93. The predicted octanol–water partition coefficient (Wildman–Crippen LogP) is 4.87. The molecular weight excluding hydrogens is 289 g/mol. The summed E-state index contributed by atoms with van der Waals surface area (Å²) in [5.41, 5.74) is 2.08. The molecule has 2 nitrogen and oxygen atoms in total. The van der Waals surface area contributed by atoms with Crippen molar-refractivity contribution in [3.8, 4) is 0 Å². The van der Waals surface area contributed by atoms with Gasteiger partial charge in [0.25, 0.3) is 0 Å². The third kappa shape index (κ3) is 2.60. The molecule has 1 heterocycles. The quantitative estimate of drug-likeness (QED) is 0.875. The Labute approximate surface area is 108 Å². The Morgan fingerprint density at radius 2 is 2.19 bits per heavy atom. The van der Waals surface area contributed by atoms with Crippen molar-refractivity contribution in [2.24, 2.45) is 0 Å². The van der Waals surface area contributed by atoms with Gasteiger partial charge in [0.15, 0.2) is 0 Å². The summed E-state index contributed by atoms with van der Waals surface area (Å²) in [5.74, 6) is 0. The van der Waals surface area contributed by atoms with Gasteiger partial charge in [0, 0.05) is 15.1 Å². The van der Waals surface area contributed by atoms with Gasteiger partial charge in [0.2, 0.25) is 0 Å². The van der Waals surface area contributed by atoms with Gasteiger partial charge in [0.1, 0.15) is 0 Å². The first-order valence-corrected chi connectivity index (χ1v) is 6.07. The van der Waals surface area contributed by atoms with Gasteiger partial charge in [-0.1, -0.05) is 11.6 Å². The van der Waals surface area contributed by atoms with Crippen molar-refractivity contribution in [1.29, 1.82) is 0 Å². The summed E-state index contributed by atoms with van der Waals surface area (Å²) in [7, 11) is 0. The van der Waals surface area contributed by atoms with Crippen LogP contribution in [0.5, 0.6) is 0 Å². The Morgan fingerprint density at radius 1 is 1.38 bits per heavy atom. The summed E-state index contributed by atoms with van der Waals surface area (Å²) in [4.78, 5) is 0. The van der Waals surface area contributed by atoms with Gasteiger partial charge in [-0.2, -0.15) is 0 Å². The van der Waals surface area contributed by atoms with Gasteiger partial charge >= 0.3 is 0 Å². The van der Waals surface area contributed by atoms with Crippen LogP contribution in [-0.2, 0) is 0 Å². The molecule has 1 unspecified atom stereocenters. The molecule has 1 aromatic carbocycles. The maximum absolute atomic E-state index is 5.95. The highest BCUT2D eigenvalue weighted by atomic mass is 79.9. The number of nitrogens with one attached hydrogen (secondary N) is 1. The number of benzene rings is 1. The van der Waals surface area contributed by atoms with Gasteiger partial charge in [-0.05, 0) is 47.1 Å². The number of anilines is 1. The Bertz CT molecular complexity index is 470. The molecule has 0 radical (unpaired) electrons. The van der Waals surface area contributed by atoms with Crippen LogP contribution in [-0.4, -0.2) is 0 Å². The van der Waals surface area contributed by atoms with Crippen molar-refractivity contribution in [3.63, 3.8) is 0 Å². The molecule has 0 saturated heterocycles. The highest BCUT2D eigenvalue weighted by Crippen LogP contribution is 2.29. The molecular formula is C12H11BrClNO. The molecule has 0 aliphatic heterocycles. The number of halogens is 2. The predicted molar refractivity (Wildman–Crippen MR) is 69.9 cm³/mol. The van der Waals surface area contributed by atoms with Gasteiger partial charge in [-0.3, -0.25) is 0 Å². The van der Waals surface area contributed by atoms with Crippen LogP contribution in [0.25, 0.3) is 0 Å². The minimum Gasteiger partial charge on any atom is -0.472 e. The number of furan rings is 1. The SMILES string of the molecule is CC(Nc1cc(Cl)ccc1Br)c1ccoc1. The van der Waals surface area contributed by atoms with Crippen LogP contribution in [0.2, 0.25) is 5.02 Å². The highest BCUT2D eigenvalue weighted by molar-refractivity contribution is 9.10. The summed E-state index contributed by atoms with van der Waals surface area (Å²) in [6.07, 6.45) is 3.40. The van der Waals surface area contributed by atoms with E-state index in [-0.39, 0.29) is 6.04 Å². The maximum Gasteiger partial charge on any atom is 0.0955 e. The second-order valence-corrected chi connectivity index (χ2v) is 4.84. The first-order valence-electron chi connectivity index (χ1n) is 4.90. The Balaban J connectivity index is 2.17. The van der Waals surface area contributed by atoms with E-state index in [0.717, 1.165) is 15.7 Å². The van der Waals surface area contributed by atoms with E-state index < -0.39 is 0 Å². The average molecular weight is 301 g/mol. The Kier molecular flexibility index (Phi) is 3.56. The van der Waals surface area contributed by atoms with Crippen LogP contribution in [0.4, 0.5) is 5.69 Å². The molecule has 0 aliphatic rings. The topological polar surface area (TPSA) is 25.2 Å². The van der Waals surface area contributed by atoms with Crippen molar-refractivity contribution in [2.75, 3.05) is 5.32 Å². The normalized spacial score (nSPS) is 12.4. The first kappa shape index (κ1) is 11.6. The molecule has 1 atom stereocenters. The largest absolute Gasteiger partial charge is 0.472 e. The summed E-state index contributed by atoms with van der Waals surface area (Å²) < 4.78 is 6.04. The van der Waals surface area contributed by atoms with Crippen LogP contribution >= 0.6 is 27.5 Å². The Hall–Kier alpha value is -0.930. The molecule has 2 rings (SSSR count). The lowest BCUT2D eigenvalue weighted by atomic mass is 10.1. The smallest absolute Gasteiger partial charge is 0.0955 e. The number of hydrogen-bond donors (Lipinski definition) is 1. The summed E-state index contributed by atoms with van der Waals surface area (Å²) >= 11 is 9.42. The van der Waals surface area contributed by atoms with E-state index in [1.807, 2.05) is 24.3 Å². The van der Waals surface area contributed by atoms with Crippen molar-refractivity contribution >= 4 is 33.2 Å². The summed E-state index contributed by atoms with van der Waals surface area (Å²) in [6, 6.07) is 7.78. The molecule has 0 aliphatic carbocycles. The molecule has 1 N–H and O–H groups in total. The third-order valence-corrected chi connectivity index (χ3v) is 3.27. The van der Waals surface area contributed by atoms with E-state index in [4.69, 9.17) is 16.0 Å². The minimum absolute atomic E-state index is 0.175. The highest BCUT2D eigenvalue weighted by Gasteiger charge is 2.08. The monoisotopic (exact) mass is 299 g/mol. The lowest BCUT2D eigenvalue weighted by Crippen LogP contribution is -2.05. The summed E-state index contributed by atoms with van der Waals surface area (Å²) in [5, 5.41) is 4.08. The van der Waals surface area contributed by atoms with Crippen LogP contribution < -0.4 is 5.32 Å². The van der Waals surface area contributed by atoms with Crippen LogP contribution in [0.3, 0.4) is 0 Å². The van der Waals surface area contributed by atoms with Crippen molar-refractivity contribution in [3.05, 3.63) is 51.9 Å². The molecule has 16 heavy (non-hydrogen) atoms. The average Bonchev–Trinajstić information content (AvgIpc) is 2.76. The third-order valence-electron chi connectivity index (χ3n) is 2.34. The van der Waals surface area contributed by atoms with Gasteiger partial charge in [0.05, 0.1) is 24.3 Å². The fourth-order valence-electron chi connectivity index (χ4n) is 1.45. The van der Waals surface area contributed by atoms with Gasteiger partial charge in [-0.25, -0.2) is 0 Å². The van der Waals surface area contributed by atoms with Crippen LogP contribution in [0.15, 0.2) is 45.7 Å². The summed E-state index contributed by atoms with van der Waals surface area (Å²) in [6.45, 7) is 2.07. The molecule has 2 aromatic rings. The molecule has 84 valence electrons. The van der Waals surface area contributed by atoms with Crippen LogP contribution in [0, 0.1) is 0 Å². The van der Waals surface area contributed by atoms with E-state index in [9.17, 15) is 0 Å². The van der Waals surface area contributed by atoms with Gasteiger partial charge < -0.3 is 9.73 Å². The molecule has 0 spiro atoms. The first-order chi connectivity index (χ1) is 7.66. The second-order valence-electron chi connectivity index (χ2n) is 3.55. The molecule has 0 saturated carbocycles. The minimum atomic E-state index is 0.175. The van der Waals surface area contributed by atoms with E-state index in [0.29, 0.717) is 5.02 Å². The van der Waals surface area contributed by atoms with Crippen molar-refractivity contribution in [2.45, 2.75) is 13.0 Å². The van der Waals surface area contributed by atoms with E-state index in [1.54, 1.807) is 12.5 Å². The van der Waals surface area contributed by atoms with E-state index >= 15 is 0 Å². The molecule has 1 aromatic heterocycles. The lowest BCUT2D eigenvalue weighted by molar-refractivity contribution is 0.562. The van der Waals surface area contributed by atoms with Gasteiger partial charge in [-0.15, -0.1) is 0 Å². The lowest BCUT2D eigenvalue weighted by Gasteiger charge is -2.15. The number of hydrogen-bond acceptors (Lipinski definition) is 2. The van der Waals surface area contributed by atoms with Crippen molar-refractivity contribution in [1.82, 2.24) is 0 Å². The molecule has 0 bridgehead atoms. The molecule has 0 amide bonds. The van der Waals surface area contributed by atoms with Crippen molar-refractivity contribution < 1.29 is 4.42 Å². The Morgan fingerprint density at radius 3 is 2.88 bits per heavy atom. The maximum atomic E-state index is 5.95. The van der Waals surface area contributed by atoms with E-state index in [1.165, 1.54) is 0 Å². The number of rotatable bonds is 3. The zero-order valence-corrected chi connectivity index (χ0v) is 11.0. The fourth-order valence-corrected chi connectivity index (χ4v) is 1.98. The molecule has 4 heteroatoms. The molecule has 0 fully saturated rings. The standard InChI is InChI=1S/C12H11BrClNO/c1-8(9-4-5-16-7-9)15-12-6-10(14)2-3-11(12)13/h2-8,15H,1H3. The van der Waals surface area contributed by atoms with Crippen LogP contribution in [0.1, 0.15) is 18.5 Å².